The highest BCUT2D eigenvalue weighted by atomic mass is 32.1. The molecule has 0 saturated heterocycles. The third kappa shape index (κ3) is 2.28. The number of rotatable bonds is 2. The molecule has 6 heteroatoms. The molecule has 1 aliphatic heterocycles. The Hall–Kier alpha value is -1.79. The van der Waals surface area contributed by atoms with Crippen LogP contribution in [0.1, 0.15) is 44.0 Å². The number of nitrogens with zero attached hydrogens (tertiary/aromatic N) is 2. The molecule has 4 heterocycles. The van der Waals surface area contributed by atoms with Crippen LogP contribution in [-0.4, -0.2) is 20.6 Å². The van der Waals surface area contributed by atoms with E-state index in [1.807, 2.05) is 0 Å². The van der Waals surface area contributed by atoms with Crippen LogP contribution >= 0.6 is 11.3 Å². The average Bonchev–Trinajstić information content (AvgIpc) is 2.86. The molecule has 5 nitrogen and oxygen atoms in total. The van der Waals surface area contributed by atoms with Gasteiger partial charge in [0.1, 0.15) is 9.53 Å². The van der Waals surface area contributed by atoms with Crippen molar-refractivity contribution in [1.29, 1.82) is 0 Å². The number of nitrogens with one attached hydrogen (secondary N) is 1. The average molecular weight is 329 g/mol. The smallest absolute Gasteiger partial charge is 0.268 e. The van der Waals surface area contributed by atoms with Gasteiger partial charge in [0.15, 0.2) is 0 Å². The first-order chi connectivity index (χ1) is 11.0. The second kappa shape index (κ2) is 5.11. The Balaban J connectivity index is 2.13. The molecule has 0 spiro atoms. The maximum atomic E-state index is 12.1. The third-order valence-electron chi connectivity index (χ3n) is 4.41. The lowest BCUT2D eigenvalue weighted by Crippen LogP contribution is -2.32. The zero-order valence-electron chi connectivity index (χ0n) is 13.5. The second-order valence-electron chi connectivity index (χ2n) is 6.68. The molecule has 120 valence electrons. The molecular formula is C17H19N3O2S. The summed E-state index contributed by atoms with van der Waals surface area (Å²) in [7, 11) is 0. The second-order valence-corrected chi connectivity index (χ2v) is 7.68. The van der Waals surface area contributed by atoms with Gasteiger partial charge in [-0.1, -0.05) is 13.3 Å². The topological polar surface area (TPSA) is 67.9 Å². The Morgan fingerprint density at radius 3 is 3.00 bits per heavy atom. The van der Waals surface area contributed by atoms with Gasteiger partial charge in [0, 0.05) is 23.1 Å². The van der Waals surface area contributed by atoms with E-state index in [4.69, 9.17) is 9.72 Å². The fourth-order valence-corrected chi connectivity index (χ4v) is 4.40. The number of aryl methyl sites for hydroxylation is 1. The summed E-state index contributed by atoms with van der Waals surface area (Å²) in [6.07, 6.45) is 4.27. The van der Waals surface area contributed by atoms with Gasteiger partial charge >= 0.3 is 0 Å². The van der Waals surface area contributed by atoms with E-state index < -0.39 is 0 Å². The maximum Gasteiger partial charge on any atom is 0.268 e. The van der Waals surface area contributed by atoms with E-state index in [1.165, 1.54) is 28.8 Å². The van der Waals surface area contributed by atoms with Gasteiger partial charge in [0.05, 0.1) is 24.1 Å². The van der Waals surface area contributed by atoms with Crippen molar-refractivity contribution in [3.63, 3.8) is 0 Å². The van der Waals surface area contributed by atoms with Crippen molar-refractivity contribution in [3.05, 3.63) is 33.5 Å². The van der Waals surface area contributed by atoms with Gasteiger partial charge in [-0.05, 0) is 25.8 Å². The van der Waals surface area contributed by atoms with E-state index >= 15 is 0 Å². The van der Waals surface area contributed by atoms with Gasteiger partial charge in [-0.25, -0.2) is 9.97 Å². The van der Waals surface area contributed by atoms with E-state index in [-0.39, 0.29) is 11.2 Å². The standard InChI is InChI=1S/C17H19N3O2S/c1-4-5-11-10-7-22-17(2,3)6-9(10)12-13-14(23-16(12)20-11)15(21)19-8-18-13/h8H,4-7H2,1-3H3,(H,18,19,21). The number of aromatic nitrogens is 3. The first-order valence-corrected chi connectivity index (χ1v) is 8.76. The molecule has 0 fully saturated rings. The lowest BCUT2D eigenvalue weighted by atomic mass is 9.88. The molecule has 0 radical (unpaired) electrons. The molecule has 1 aliphatic rings. The minimum atomic E-state index is -0.208. The van der Waals surface area contributed by atoms with Crippen LogP contribution in [0.2, 0.25) is 0 Å². The summed E-state index contributed by atoms with van der Waals surface area (Å²) in [4.78, 5) is 25.0. The number of fused-ring (bicyclic) bond motifs is 5. The van der Waals surface area contributed by atoms with Gasteiger partial charge in [0.2, 0.25) is 0 Å². The highest BCUT2D eigenvalue weighted by molar-refractivity contribution is 7.25. The zero-order chi connectivity index (χ0) is 16.2. The summed E-state index contributed by atoms with van der Waals surface area (Å²) in [6.45, 7) is 6.96. The molecular weight excluding hydrogens is 310 g/mol. The molecule has 3 aromatic heterocycles. The fourth-order valence-electron chi connectivity index (χ4n) is 3.33. The summed E-state index contributed by atoms with van der Waals surface area (Å²) in [5.74, 6) is 0. The highest BCUT2D eigenvalue weighted by Gasteiger charge is 2.31. The number of H-pyrrole nitrogens is 1. The largest absolute Gasteiger partial charge is 0.370 e. The van der Waals surface area contributed by atoms with Crippen molar-refractivity contribution in [2.24, 2.45) is 0 Å². The SMILES string of the molecule is CCCc1nc2sc3c(=O)[nH]cnc3c2c2c1COC(C)(C)C2. The first-order valence-electron chi connectivity index (χ1n) is 7.94. The summed E-state index contributed by atoms with van der Waals surface area (Å²) in [5.41, 5.74) is 4.04. The molecule has 0 atom stereocenters. The van der Waals surface area contributed by atoms with Gasteiger partial charge in [-0.3, -0.25) is 4.79 Å². The Labute approximate surface area is 137 Å². The first kappa shape index (κ1) is 14.8. The van der Waals surface area contributed by atoms with Gasteiger partial charge in [-0.15, -0.1) is 11.3 Å². The molecule has 23 heavy (non-hydrogen) atoms. The van der Waals surface area contributed by atoms with Crippen LogP contribution < -0.4 is 5.56 Å². The predicted molar refractivity (Wildman–Crippen MR) is 92.1 cm³/mol. The van der Waals surface area contributed by atoms with Crippen LogP contribution in [0.3, 0.4) is 0 Å². The number of thiophene rings is 1. The lowest BCUT2D eigenvalue weighted by Gasteiger charge is -2.33. The summed E-state index contributed by atoms with van der Waals surface area (Å²) in [6, 6.07) is 0. The Morgan fingerprint density at radius 2 is 2.22 bits per heavy atom. The van der Waals surface area contributed by atoms with Crippen molar-refractivity contribution in [2.75, 3.05) is 0 Å². The zero-order valence-corrected chi connectivity index (χ0v) is 14.3. The van der Waals surface area contributed by atoms with Gasteiger partial charge in [-0.2, -0.15) is 0 Å². The van der Waals surface area contributed by atoms with E-state index in [9.17, 15) is 4.79 Å². The molecule has 0 amide bonds. The molecule has 0 unspecified atom stereocenters. The molecule has 0 bridgehead atoms. The van der Waals surface area contributed by atoms with E-state index in [0.717, 1.165) is 40.7 Å². The van der Waals surface area contributed by atoms with Crippen LogP contribution in [0.4, 0.5) is 0 Å². The van der Waals surface area contributed by atoms with E-state index in [1.54, 1.807) is 0 Å². The quantitative estimate of drug-likeness (QED) is 0.783. The van der Waals surface area contributed by atoms with Crippen LogP contribution in [0, 0.1) is 0 Å². The Morgan fingerprint density at radius 1 is 1.39 bits per heavy atom. The van der Waals surface area contributed by atoms with Crippen LogP contribution in [0.15, 0.2) is 11.1 Å². The maximum absolute atomic E-state index is 12.1. The fraction of sp³-hybridized carbons (Fsp3) is 0.471. The minimum absolute atomic E-state index is 0.0879. The molecule has 0 saturated carbocycles. The molecule has 3 aromatic rings. The summed E-state index contributed by atoms with van der Waals surface area (Å²) in [5, 5.41) is 1.04. The number of ether oxygens (including phenoxy) is 1. The summed E-state index contributed by atoms with van der Waals surface area (Å²) >= 11 is 1.44. The van der Waals surface area contributed by atoms with Crippen molar-refractivity contribution in [1.82, 2.24) is 15.0 Å². The van der Waals surface area contributed by atoms with E-state index in [0.29, 0.717) is 11.3 Å². The number of hydrogen-bond donors (Lipinski definition) is 1. The Kier molecular flexibility index (Phi) is 3.28. The van der Waals surface area contributed by atoms with Crippen molar-refractivity contribution >= 4 is 31.8 Å². The normalized spacial score (nSPS) is 16.8. The van der Waals surface area contributed by atoms with Crippen molar-refractivity contribution < 1.29 is 4.74 Å². The van der Waals surface area contributed by atoms with Gasteiger partial charge < -0.3 is 9.72 Å². The van der Waals surface area contributed by atoms with Crippen molar-refractivity contribution in [3.8, 4) is 0 Å². The number of pyridine rings is 1. The van der Waals surface area contributed by atoms with Crippen LogP contribution in [-0.2, 0) is 24.2 Å². The van der Waals surface area contributed by atoms with Crippen LogP contribution in [0.25, 0.3) is 20.4 Å². The summed E-state index contributed by atoms with van der Waals surface area (Å²) < 4.78 is 6.68. The minimum Gasteiger partial charge on any atom is -0.370 e. The number of aromatic amines is 1. The van der Waals surface area contributed by atoms with Crippen LogP contribution in [0.5, 0.6) is 0 Å². The molecule has 0 aliphatic carbocycles. The van der Waals surface area contributed by atoms with Gasteiger partial charge in [0.25, 0.3) is 5.56 Å². The monoisotopic (exact) mass is 329 g/mol. The lowest BCUT2D eigenvalue weighted by molar-refractivity contribution is -0.0401. The van der Waals surface area contributed by atoms with E-state index in [2.05, 4.69) is 30.7 Å². The number of hydrogen-bond acceptors (Lipinski definition) is 5. The molecule has 4 rings (SSSR count). The molecule has 1 N–H and O–H groups in total. The molecule has 0 aromatic carbocycles. The highest BCUT2D eigenvalue weighted by Crippen LogP contribution is 2.39. The van der Waals surface area contributed by atoms with Crippen molar-refractivity contribution in [2.45, 2.75) is 52.2 Å². The Bertz CT molecular complexity index is 971. The third-order valence-corrected chi connectivity index (χ3v) is 5.48. The predicted octanol–water partition coefficient (Wildman–Crippen LogP) is 3.34.